The van der Waals surface area contributed by atoms with E-state index in [-0.39, 0.29) is 5.84 Å². The van der Waals surface area contributed by atoms with Crippen molar-refractivity contribution in [2.45, 2.75) is 39.5 Å². The van der Waals surface area contributed by atoms with Gasteiger partial charge in [0.25, 0.3) is 0 Å². The summed E-state index contributed by atoms with van der Waals surface area (Å²) in [5, 5.41) is 7.29. The molecule has 0 spiro atoms. The molecule has 2 nitrogen and oxygen atoms in total. The maximum Gasteiger partial charge on any atom is 0.0911 e. The van der Waals surface area contributed by atoms with Gasteiger partial charge in [-0.1, -0.05) is 45.0 Å². The van der Waals surface area contributed by atoms with Gasteiger partial charge >= 0.3 is 0 Å². The molecule has 1 rings (SSSR count). The number of benzene rings is 1. The van der Waals surface area contributed by atoms with Crippen LogP contribution in [0.4, 0.5) is 0 Å². The first-order valence-electron chi connectivity index (χ1n) is 5.90. The van der Waals surface area contributed by atoms with Crippen LogP contribution in [-0.2, 0) is 6.42 Å². The maximum atomic E-state index is 7.29. The van der Waals surface area contributed by atoms with E-state index in [0.29, 0.717) is 18.3 Å². The summed E-state index contributed by atoms with van der Waals surface area (Å²) in [6, 6.07) is 8.69. The fourth-order valence-electron chi connectivity index (χ4n) is 1.90. The van der Waals surface area contributed by atoms with Crippen molar-refractivity contribution in [2.75, 3.05) is 0 Å². The van der Waals surface area contributed by atoms with Gasteiger partial charge in [0, 0.05) is 6.42 Å². The maximum absolute atomic E-state index is 7.29. The molecule has 0 aliphatic rings. The molecule has 1 aromatic carbocycles. The van der Waals surface area contributed by atoms with Crippen molar-refractivity contribution >= 4 is 5.84 Å². The number of nitrogens with one attached hydrogen (secondary N) is 1. The Hall–Kier alpha value is -1.31. The highest BCUT2D eigenvalue weighted by Crippen LogP contribution is 2.20. The number of hydrogen-bond donors (Lipinski definition) is 2. The Bertz CT molecular complexity index is 338. The SMILES string of the molecule is CC(C)Cc1ccc(C(C)CC(=N)N)cc1. The fraction of sp³-hybridized carbons (Fsp3) is 0.500. The summed E-state index contributed by atoms with van der Waals surface area (Å²) in [7, 11) is 0. The molecule has 0 radical (unpaired) electrons. The van der Waals surface area contributed by atoms with Crippen LogP contribution in [0.2, 0.25) is 0 Å². The molecule has 0 saturated carbocycles. The summed E-state index contributed by atoms with van der Waals surface area (Å²) in [4.78, 5) is 0. The Morgan fingerprint density at radius 2 is 1.75 bits per heavy atom. The molecule has 2 heteroatoms. The molecule has 1 aromatic rings. The van der Waals surface area contributed by atoms with Gasteiger partial charge in [0.2, 0.25) is 0 Å². The molecule has 0 fully saturated rings. The van der Waals surface area contributed by atoms with Crippen LogP contribution in [0.1, 0.15) is 44.2 Å². The highest BCUT2D eigenvalue weighted by Gasteiger charge is 2.07. The Kier molecular flexibility index (Phi) is 4.53. The molecule has 88 valence electrons. The highest BCUT2D eigenvalue weighted by atomic mass is 14.7. The van der Waals surface area contributed by atoms with E-state index in [1.807, 2.05) is 0 Å². The Morgan fingerprint density at radius 1 is 1.19 bits per heavy atom. The molecular weight excluding hydrogens is 196 g/mol. The number of rotatable bonds is 5. The van der Waals surface area contributed by atoms with Crippen LogP contribution in [-0.4, -0.2) is 5.84 Å². The second-order valence-electron chi connectivity index (χ2n) is 4.97. The predicted octanol–water partition coefficient (Wildman–Crippen LogP) is 3.31. The minimum Gasteiger partial charge on any atom is -0.388 e. The Balaban J connectivity index is 2.66. The Labute approximate surface area is 98.4 Å². The van der Waals surface area contributed by atoms with Crippen molar-refractivity contribution in [1.29, 1.82) is 5.41 Å². The van der Waals surface area contributed by atoms with Crippen LogP contribution in [0.25, 0.3) is 0 Å². The van der Waals surface area contributed by atoms with Crippen LogP contribution < -0.4 is 5.73 Å². The van der Waals surface area contributed by atoms with Gasteiger partial charge < -0.3 is 5.73 Å². The van der Waals surface area contributed by atoms with Crippen LogP contribution in [0.3, 0.4) is 0 Å². The van der Waals surface area contributed by atoms with Gasteiger partial charge in [-0.05, 0) is 29.4 Å². The average molecular weight is 218 g/mol. The van der Waals surface area contributed by atoms with E-state index in [9.17, 15) is 0 Å². The van der Waals surface area contributed by atoms with Crippen LogP contribution in [0, 0.1) is 11.3 Å². The van der Waals surface area contributed by atoms with Gasteiger partial charge in [-0.25, -0.2) is 0 Å². The Morgan fingerprint density at radius 3 is 2.19 bits per heavy atom. The number of nitrogens with two attached hydrogens (primary N) is 1. The van der Waals surface area contributed by atoms with Crippen LogP contribution in [0.5, 0.6) is 0 Å². The molecule has 1 unspecified atom stereocenters. The monoisotopic (exact) mass is 218 g/mol. The lowest BCUT2D eigenvalue weighted by molar-refractivity contribution is 0.647. The first-order valence-corrected chi connectivity index (χ1v) is 5.90. The summed E-state index contributed by atoms with van der Waals surface area (Å²) >= 11 is 0. The minimum atomic E-state index is 0.263. The van der Waals surface area contributed by atoms with E-state index < -0.39 is 0 Å². The predicted molar refractivity (Wildman–Crippen MR) is 69.9 cm³/mol. The van der Waals surface area contributed by atoms with Gasteiger partial charge in [0.1, 0.15) is 0 Å². The van der Waals surface area contributed by atoms with E-state index in [1.54, 1.807) is 0 Å². The molecular formula is C14H22N2. The van der Waals surface area contributed by atoms with Crippen molar-refractivity contribution in [3.05, 3.63) is 35.4 Å². The zero-order valence-electron chi connectivity index (χ0n) is 10.5. The number of hydrogen-bond acceptors (Lipinski definition) is 1. The second-order valence-corrected chi connectivity index (χ2v) is 4.97. The van der Waals surface area contributed by atoms with Gasteiger partial charge in [0.05, 0.1) is 5.84 Å². The molecule has 0 aromatic heterocycles. The third kappa shape index (κ3) is 4.05. The standard InChI is InChI=1S/C14H22N2/c1-10(2)8-12-4-6-13(7-5-12)11(3)9-14(15)16/h4-7,10-11H,8-9H2,1-3H3,(H3,15,16). The van der Waals surface area contributed by atoms with Crippen molar-refractivity contribution in [3.8, 4) is 0 Å². The normalized spacial score (nSPS) is 12.8. The van der Waals surface area contributed by atoms with Crippen LogP contribution in [0.15, 0.2) is 24.3 Å². The van der Waals surface area contributed by atoms with E-state index >= 15 is 0 Å². The quantitative estimate of drug-likeness (QED) is 0.578. The molecule has 0 saturated heterocycles. The zero-order chi connectivity index (χ0) is 12.1. The first kappa shape index (κ1) is 12.8. The molecule has 0 heterocycles. The first-order chi connectivity index (χ1) is 7.49. The van der Waals surface area contributed by atoms with Gasteiger partial charge in [-0.2, -0.15) is 0 Å². The van der Waals surface area contributed by atoms with Gasteiger partial charge in [0.15, 0.2) is 0 Å². The van der Waals surface area contributed by atoms with Gasteiger partial charge in [-0.3, -0.25) is 5.41 Å². The molecule has 1 atom stereocenters. The number of amidine groups is 1. The lowest BCUT2D eigenvalue weighted by Crippen LogP contribution is -2.12. The third-order valence-electron chi connectivity index (χ3n) is 2.72. The van der Waals surface area contributed by atoms with Crippen LogP contribution >= 0.6 is 0 Å². The van der Waals surface area contributed by atoms with Crippen molar-refractivity contribution in [2.24, 2.45) is 11.7 Å². The second kappa shape index (κ2) is 5.69. The lowest BCUT2D eigenvalue weighted by atomic mass is 9.94. The van der Waals surface area contributed by atoms with E-state index in [2.05, 4.69) is 45.0 Å². The molecule has 0 aliphatic carbocycles. The summed E-state index contributed by atoms with van der Waals surface area (Å²) in [6.07, 6.45) is 1.77. The molecule has 0 bridgehead atoms. The minimum absolute atomic E-state index is 0.263. The largest absolute Gasteiger partial charge is 0.388 e. The average Bonchev–Trinajstić information content (AvgIpc) is 2.16. The van der Waals surface area contributed by atoms with Crippen molar-refractivity contribution in [1.82, 2.24) is 0 Å². The highest BCUT2D eigenvalue weighted by molar-refractivity contribution is 5.77. The van der Waals surface area contributed by atoms with Gasteiger partial charge in [-0.15, -0.1) is 0 Å². The smallest absolute Gasteiger partial charge is 0.0911 e. The van der Waals surface area contributed by atoms with Crippen molar-refractivity contribution < 1.29 is 0 Å². The van der Waals surface area contributed by atoms with E-state index in [0.717, 1.165) is 6.42 Å². The third-order valence-corrected chi connectivity index (χ3v) is 2.72. The van der Waals surface area contributed by atoms with Crippen molar-refractivity contribution in [3.63, 3.8) is 0 Å². The summed E-state index contributed by atoms with van der Waals surface area (Å²) in [5.74, 6) is 1.30. The molecule has 0 amide bonds. The summed E-state index contributed by atoms with van der Waals surface area (Å²) in [6.45, 7) is 6.57. The summed E-state index contributed by atoms with van der Waals surface area (Å²) in [5.41, 5.74) is 8.06. The molecule has 16 heavy (non-hydrogen) atoms. The fourth-order valence-corrected chi connectivity index (χ4v) is 1.90. The van der Waals surface area contributed by atoms with E-state index in [1.165, 1.54) is 11.1 Å². The lowest BCUT2D eigenvalue weighted by Gasteiger charge is -2.12. The topological polar surface area (TPSA) is 49.9 Å². The zero-order valence-corrected chi connectivity index (χ0v) is 10.5. The molecule has 0 aliphatic heterocycles. The summed E-state index contributed by atoms with van der Waals surface area (Å²) < 4.78 is 0. The molecule has 3 N–H and O–H groups in total. The van der Waals surface area contributed by atoms with E-state index in [4.69, 9.17) is 11.1 Å².